The lowest BCUT2D eigenvalue weighted by molar-refractivity contribution is 0.355. The number of rotatable bonds is 6. The fourth-order valence-electron chi connectivity index (χ4n) is 1.87. The molecule has 0 aliphatic heterocycles. The van der Waals surface area contributed by atoms with Crippen LogP contribution in [0.2, 0.25) is 5.02 Å². The number of thiazole rings is 1. The van der Waals surface area contributed by atoms with Gasteiger partial charge in [-0.05, 0) is 12.1 Å². The van der Waals surface area contributed by atoms with E-state index < -0.39 is 0 Å². The molecule has 4 nitrogen and oxygen atoms in total. The average Bonchev–Trinajstić information content (AvgIpc) is 2.93. The van der Waals surface area contributed by atoms with Crippen LogP contribution in [0.3, 0.4) is 0 Å². The van der Waals surface area contributed by atoms with Crippen molar-refractivity contribution >= 4 is 22.9 Å². The van der Waals surface area contributed by atoms with Gasteiger partial charge in [0, 0.05) is 29.2 Å². The van der Waals surface area contributed by atoms with E-state index in [4.69, 9.17) is 21.1 Å². The molecular weight excluding hydrogens is 308 g/mol. The molecule has 114 valence electrons. The van der Waals surface area contributed by atoms with Crippen LogP contribution in [0.15, 0.2) is 18.3 Å². The van der Waals surface area contributed by atoms with Crippen molar-refractivity contribution in [1.29, 1.82) is 0 Å². The van der Waals surface area contributed by atoms with Gasteiger partial charge in [-0.2, -0.15) is 0 Å². The number of ether oxygens (including phenoxy) is 2. The number of hydrogen-bond donors (Lipinski definition) is 1. The quantitative estimate of drug-likeness (QED) is 0.872. The normalized spacial score (nSPS) is 11.0. The van der Waals surface area contributed by atoms with E-state index >= 15 is 0 Å². The van der Waals surface area contributed by atoms with Gasteiger partial charge in [-0.3, -0.25) is 0 Å². The molecule has 0 bridgehead atoms. The van der Waals surface area contributed by atoms with Crippen molar-refractivity contribution < 1.29 is 9.47 Å². The third kappa shape index (κ3) is 3.87. The lowest BCUT2D eigenvalue weighted by atomic mass is 10.2. The second-order valence-electron chi connectivity index (χ2n) is 4.86. The van der Waals surface area contributed by atoms with Gasteiger partial charge in [0.1, 0.15) is 5.01 Å². The third-order valence-electron chi connectivity index (χ3n) is 2.92. The molecule has 2 aromatic rings. The molecule has 0 radical (unpaired) electrons. The summed E-state index contributed by atoms with van der Waals surface area (Å²) in [6.07, 6.45) is 1.89. The smallest absolute Gasteiger partial charge is 0.179 e. The van der Waals surface area contributed by atoms with Crippen molar-refractivity contribution in [1.82, 2.24) is 10.3 Å². The summed E-state index contributed by atoms with van der Waals surface area (Å²) in [6.45, 7) is 5.06. The van der Waals surface area contributed by atoms with Crippen molar-refractivity contribution in [3.63, 3.8) is 0 Å². The van der Waals surface area contributed by atoms with Crippen molar-refractivity contribution in [3.05, 3.63) is 28.2 Å². The van der Waals surface area contributed by atoms with E-state index in [0.717, 1.165) is 17.1 Å². The Balaban J connectivity index is 2.28. The molecule has 0 saturated heterocycles. The van der Waals surface area contributed by atoms with Gasteiger partial charge in [-0.15, -0.1) is 11.3 Å². The van der Waals surface area contributed by atoms with E-state index in [1.165, 1.54) is 4.88 Å². The molecule has 0 fully saturated rings. The maximum absolute atomic E-state index is 6.23. The summed E-state index contributed by atoms with van der Waals surface area (Å²) in [4.78, 5) is 5.64. The molecule has 1 aromatic heterocycles. The van der Waals surface area contributed by atoms with Crippen LogP contribution in [0.1, 0.15) is 18.7 Å². The summed E-state index contributed by atoms with van der Waals surface area (Å²) in [5.74, 6) is 1.15. The largest absolute Gasteiger partial charge is 0.493 e. The molecule has 0 spiro atoms. The molecule has 0 saturated carbocycles. The van der Waals surface area contributed by atoms with E-state index in [1.54, 1.807) is 25.6 Å². The number of halogens is 1. The van der Waals surface area contributed by atoms with Crippen LogP contribution >= 0.6 is 22.9 Å². The van der Waals surface area contributed by atoms with Crippen LogP contribution in [0, 0.1) is 0 Å². The highest BCUT2D eigenvalue weighted by Gasteiger charge is 2.14. The minimum Gasteiger partial charge on any atom is -0.493 e. The number of aromatic nitrogens is 1. The molecule has 0 aliphatic carbocycles. The fourth-order valence-corrected chi connectivity index (χ4v) is 3.01. The average molecular weight is 327 g/mol. The van der Waals surface area contributed by atoms with E-state index in [0.29, 0.717) is 22.6 Å². The number of hydrogen-bond acceptors (Lipinski definition) is 5. The SMILES string of the molecule is COc1cc(-c2ncc(CNC(C)C)s2)cc(Cl)c1OC. The lowest BCUT2D eigenvalue weighted by Gasteiger charge is -2.10. The van der Waals surface area contributed by atoms with Crippen LogP contribution in [-0.2, 0) is 6.54 Å². The van der Waals surface area contributed by atoms with Crippen LogP contribution < -0.4 is 14.8 Å². The minimum atomic E-state index is 0.450. The molecular formula is C15H19ClN2O2S. The molecule has 0 aliphatic rings. The van der Waals surface area contributed by atoms with E-state index in [-0.39, 0.29) is 0 Å². The second kappa shape index (κ2) is 7.11. The Morgan fingerprint density at radius 1 is 1.29 bits per heavy atom. The van der Waals surface area contributed by atoms with E-state index in [1.807, 2.05) is 18.3 Å². The molecule has 0 amide bonds. The molecule has 6 heteroatoms. The van der Waals surface area contributed by atoms with Crippen molar-refractivity contribution in [2.45, 2.75) is 26.4 Å². The van der Waals surface area contributed by atoms with Gasteiger partial charge in [0.25, 0.3) is 0 Å². The minimum absolute atomic E-state index is 0.450. The van der Waals surface area contributed by atoms with E-state index in [9.17, 15) is 0 Å². The van der Waals surface area contributed by atoms with Gasteiger partial charge in [0.05, 0.1) is 19.2 Å². The first-order chi connectivity index (χ1) is 10.0. The highest BCUT2D eigenvalue weighted by Crippen LogP contribution is 2.40. The van der Waals surface area contributed by atoms with Crippen LogP contribution in [0.25, 0.3) is 10.6 Å². The molecule has 1 N–H and O–H groups in total. The molecule has 1 heterocycles. The zero-order chi connectivity index (χ0) is 15.4. The number of benzene rings is 1. The summed E-state index contributed by atoms with van der Waals surface area (Å²) in [6, 6.07) is 4.19. The molecule has 21 heavy (non-hydrogen) atoms. The molecule has 0 atom stereocenters. The predicted octanol–water partition coefficient (Wildman–Crippen LogP) is 3.98. The Bertz CT molecular complexity index is 614. The topological polar surface area (TPSA) is 43.4 Å². The highest BCUT2D eigenvalue weighted by molar-refractivity contribution is 7.15. The standard InChI is InChI=1S/C15H19ClN2O2S/c1-9(2)17-7-11-8-18-15(21-11)10-5-12(16)14(20-4)13(6-10)19-3/h5-6,8-9,17H,7H2,1-4H3. The van der Waals surface area contributed by atoms with Crippen molar-refractivity contribution in [3.8, 4) is 22.1 Å². The first-order valence-corrected chi connectivity index (χ1v) is 7.84. The molecule has 2 rings (SSSR count). The number of methoxy groups -OCH3 is 2. The van der Waals surface area contributed by atoms with Gasteiger partial charge < -0.3 is 14.8 Å². The number of nitrogens with zero attached hydrogens (tertiary/aromatic N) is 1. The summed E-state index contributed by atoms with van der Waals surface area (Å²) >= 11 is 7.87. The monoisotopic (exact) mass is 326 g/mol. The third-order valence-corrected chi connectivity index (χ3v) is 4.25. The zero-order valence-corrected chi connectivity index (χ0v) is 14.1. The molecule has 1 aromatic carbocycles. The summed E-state index contributed by atoms with van der Waals surface area (Å²) in [5, 5.41) is 4.81. The Morgan fingerprint density at radius 2 is 2.05 bits per heavy atom. The Hall–Kier alpha value is -1.30. The van der Waals surface area contributed by atoms with Gasteiger partial charge in [0.15, 0.2) is 11.5 Å². The van der Waals surface area contributed by atoms with Gasteiger partial charge in [0.2, 0.25) is 0 Å². The Morgan fingerprint density at radius 3 is 2.67 bits per heavy atom. The van der Waals surface area contributed by atoms with Crippen LogP contribution in [0.5, 0.6) is 11.5 Å². The van der Waals surface area contributed by atoms with Gasteiger partial charge >= 0.3 is 0 Å². The maximum atomic E-state index is 6.23. The van der Waals surface area contributed by atoms with E-state index in [2.05, 4.69) is 24.1 Å². The maximum Gasteiger partial charge on any atom is 0.179 e. The number of nitrogens with one attached hydrogen (secondary N) is 1. The van der Waals surface area contributed by atoms with Crippen LogP contribution in [0.4, 0.5) is 0 Å². The van der Waals surface area contributed by atoms with Crippen LogP contribution in [-0.4, -0.2) is 25.2 Å². The predicted molar refractivity (Wildman–Crippen MR) is 87.6 cm³/mol. The molecule has 0 unspecified atom stereocenters. The van der Waals surface area contributed by atoms with Crippen molar-refractivity contribution in [2.24, 2.45) is 0 Å². The van der Waals surface area contributed by atoms with Gasteiger partial charge in [-0.25, -0.2) is 4.98 Å². The Labute approximate surface area is 134 Å². The Kier molecular flexibility index (Phi) is 5.45. The first-order valence-electron chi connectivity index (χ1n) is 6.65. The summed E-state index contributed by atoms with van der Waals surface area (Å²) in [7, 11) is 3.17. The second-order valence-corrected chi connectivity index (χ2v) is 6.38. The first kappa shape index (κ1) is 16.1. The van der Waals surface area contributed by atoms with Crippen molar-refractivity contribution in [2.75, 3.05) is 14.2 Å². The zero-order valence-electron chi connectivity index (χ0n) is 12.6. The summed E-state index contributed by atoms with van der Waals surface area (Å²) in [5.41, 5.74) is 0.929. The van der Waals surface area contributed by atoms with Gasteiger partial charge in [-0.1, -0.05) is 25.4 Å². The lowest BCUT2D eigenvalue weighted by Crippen LogP contribution is -2.21. The fraction of sp³-hybridized carbons (Fsp3) is 0.400. The highest BCUT2D eigenvalue weighted by atomic mass is 35.5. The summed E-state index contributed by atoms with van der Waals surface area (Å²) < 4.78 is 10.6.